The minimum Gasteiger partial charge on any atom is -0.454 e. The van der Waals surface area contributed by atoms with Crippen LogP contribution in [0.2, 0.25) is 0 Å². The maximum absolute atomic E-state index is 13.9. The molecule has 104 valence electrons. The summed E-state index contributed by atoms with van der Waals surface area (Å²) in [5.41, 5.74) is 1.40. The summed E-state index contributed by atoms with van der Waals surface area (Å²) >= 11 is 0. The summed E-state index contributed by atoms with van der Waals surface area (Å²) in [7, 11) is 3.24. The minimum atomic E-state index is -0.557. The largest absolute Gasteiger partial charge is 0.454 e. The highest BCUT2D eigenvalue weighted by Gasteiger charge is 2.12. The van der Waals surface area contributed by atoms with Crippen molar-refractivity contribution in [3.63, 3.8) is 0 Å². The Hall–Kier alpha value is -2.36. The molecule has 0 aliphatic heterocycles. The molecule has 0 aromatic heterocycles. The molecule has 0 unspecified atom stereocenters. The van der Waals surface area contributed by atoms with Gasteiger partial charge >= 0.3 is 0 Å². The average Bonchev–Trinajstić information content (AvgIpc) is 2.42. The third kappa shape index (κ3) is 3.15. The molecule has 0 aliphatic rings. The van der Waals surface area contributed by atoms with Gasteiger partial charge in [-0.05, 0) is 37.3 Å². The van der Waals surface area contributed by atoms with Gasteiger partial charge in [0.15, 0.2) is 11.6 Å². The lowest BCUT2D eigenvalue weighted by molar-refractivity contribution is 0.0827. The predicted molar refractivity (Wildman–Crippen MR) is 75.7 cm³/mol. The number of hydrogen-bond acceptors (Lipinski definition) is 2. The topological polar surface area (TPSA) is 29.5 Å². The highest BCUT2D eigenvalue weighted by Crippen LogP contribution is 2.25. The van der Waals surface area contributed by atoms with Crippen LogP contribution in [-0.2, 0) is 0 Å². The zero-order valence-corrected chi connectivity index (χ0v) is 11.7. The first-order chi connectivity index (χ1) is 9.47. The van der Waals surface area contributed by atoms with Gasteiger partial charge in [0, 0.05) is 19.7 Å². The van der Waals surface area contributed by atoms with E-state index < -0.39 is 5.82 Å². The van der Waals surface area contributed by atoms with Crippen LogP contribution in [0.25, 0.3) is 0 Å². The number of rotatable bonds is 3. The standard InChI is InChI=1S/C16H16FNO2/c1-11-4-7-13(8-5-11)20-15-9-6-12(10-14(15)17)16(19)18(2)3/h4-10H,1-3H3. The number of amides is 1. The van der Waals surface area contributed by atoms with Crippen molar-refractivity contribution in [2.45, 2.75) is 6.92 Å². The highest BCUT2D eigenvalue weighted by atomic mass is 19.1. The Morgan fingerprint density at radius 2 is 1.75 bits per heavy atom. The maximum atomic E-state index is 13.9. The molecule has 0 aliphatic carbocycles. The van der Waals surface area contributed by atoms with E-state index >= 15 is 0 Å². The molecule has 4 heteroatoms. The van der Waals surface area contributed by atoms with E-state index in [9.17, 15) is 9.18 Å². The number of carbonyl (C=O) groups excluding carboxylic acids is 1. The molecule has 0 saturated heterocycles. The molecule has 0 bridgehead atoms. The second kappa shape index (κ2) is 5.74. The Kier molecular flexibility index (Phi) is 4.03. The van der Waals surface area contributed by atoms with Crippen molar-refractivity contribution in [1.29, 1.82) is 0 Å². The number of halogens is 1. The summed E-state index contributed by atoms with van der Waals surface area (Å²) in [6.07, 6.45) is 0. The molecule has 0 radical (unpaired) electrons. The number of benzene rings is 2. The van der Waals surface area contributed by atoms with E-state index in [1.807, 2.05) is 19.1 Å². The summed E-state index contributed by atoms with van der Waals surface area (Å²) in [6, 6.07) is 11.5. The van der Waals surface area contributed by atoms with Crippen LogP contribution in [0.5, 0.6) is 11.5 Å². The predicted octanol–water partition coefficient (Wildman–Crippen LogP) is 3.63. The summed E-state index contributed by atoms with van der Waals surface area (Å²) < 4.78 is 19.4. The number of aryl methyl sites for hydroxylation is 1. The molecule has 2 aromatic rings. The van der Waals surface area contributed by atoms with Crippen LogP contribution >= 0.6 is 0 Å². The Labute approximate surface area is 117 Å². The van der Waals surface area contributed by atoms with Gasteiger partial charge in [0.05, 0.1) is 0 Å². The van der Waals surface area contributed by atoms with E-state index in [2.05, 4.69) is 0 Å². The van der Waals surface area contributed by atoms with Gasteiger partial charge in [0.1, 0.15) is 5.75 Å². The first-order valence-corrected chi connectivity index (χ1v) is 6.23. The van der Waals surface area contributed by atoms with Gasteiger partial charge in [0.25, 0.3) is 5.91 Å². The fourth-order valence-electron chi connectivity index (χ4n) is 1.71. The van der Waals surface area contributed by atoms with Crippen molar-refractivity contribution >= 4 is 5.91 Å². The molecule has 0 fully saturated rings. The number of hydrogen-bond donors (Lipinski definition) is 0. The van der Waals surface area contributed by atoms with E-state index in [-0.39, 0.29) is 11.7 Å². The van der Waals surface area contributed by atoms with Crippen LogP contribution < -0.4 is 4.74 Å². The quantitative estimate of drug-likeness (QED) is 0.854. The lowest BCUT2D eigenvalue weighted by atomic mass is 10.2. The molecule has 2 rings (SSSR count). The van der Waals surface area contributed by atoms with Crippen LogP contribution in [0.3, 0.4) is 0 Å². The van der Waals surface area contributed by atoms with Gasteiger partial charge in [-0.2, -0.15) is 0 Å². The number of nitrogens with zero attached hydrogens (tertiary/aromatic N) is 1. The molecule has 20 heavy (non-hydrogen) atoms. The zero-order chi connectivity index (χ0) is 14.7. The van der Waals surface area contributed by atoms with Gasteiger partial charge in [-0.25, -0.2) is 4.39 Å². The van der Waals surface area contributed by atoms with E-state index in [0.717, 1.165) is 5.56 Å². The van der Waals surface area contributed by atoms with Crippen LogP contribution in [0.4, 0.5) is 4.39 Å². The van der Waals surface area contributed by atoms with E-state index in [0.29, 0.717) is 11.3 Å². The Morgan fingerprint density at radius 3 is 2.30 bits per heavy atom. The van der Waals surface area contributed by atoms with Crippen LogP contribution in [0.1, 0.15) is 15.9 Å². The van der Waals surface area contributed by atoms with E-state index in [4.69, 9.17) is 4.74 Å². The molecule has 0 heterocycles. The molecule has 0 atom stereocenters. The smallest absolute Gasteiger partial charge is 0.253 e. The van der Waals surface area contributed by atoms with Crippen molar-refractivity contribution in [3.05, 3.63) is 59.4 Å². The normalized spacial score (nSPS) is 10.2. The molecule has 2 aromatic carbocycles. The van der Waals surface area contributed by atoms with E-state index in [1.165, 1.54) is 17.0 Å². The fraction of sp³-hybridized carbons (Fsp3) is 0.188. The number of carbonyl (C=O) groups is 1. The lowest BCUT2D eigenvalue weighted by Crippen LogP contribution is -2.21. The van der Waals surface area contributed by atoms with E-state index in [1.54, 1.807) is 32.3 Å². The Balaban J connectivity index is 2.22. The molecule has 1 amide bonds. The average molecular weight is 273 g/mol. The molecule has 0 N–H and O–H groups in total. The third-order valence-electron chi connectivity index (χ3n) is 2.83. The zero-order valence-electron chi connectivity index (χ0n) is 11.7. The molecular formula is C16H16FNO2. The van der Waals surface area contributed by atoms with Crippen molar-refractivity contribution < 1.29 is 13.9 Å². The van der Waals surface area contributed by atoms with Gasteiger partial charge in [-0.3, -0.25) is 4.79 Å². The van der Waals surface area contributed by atoms with Gasteiger partial charge in [0.2, 0.25) is 0 Å². The lowest BCUT2D eigenvalue weighted by Gasteiger charge is -2.12. The second-order valence-corrected chi connectivity index (χ2v) is 4.76. The van der Waals surface area contributed by atoms with Gasteiger partial charge in [-0.1, -0.05) is 17.7 Å². The molecule has 0 saturated carbocycles. The molecular weight excluding hydrogens is 257 g/mol. The summed E-state index contributed by atoms with van der Waals surface area (Å²) in [4.78, 5) is 13.1. The van der Waals surface area contributed by atoms with Gasteiger partial charge in [-0.15, -0.1) is 0 Å². The van der Waals surface area contributed by atoms with Gasteiger partial charge < -0.3 is 9.64 Å². The SMILES string of the molecule is Cc1ccc(Oc2ccc(C(=O)N(C)C)cc2F)cc1. The molecule has 3 nitrogen and oxygen atoms in total. The third-order valence-corrected chi connectivity index (χ3v) is 2.83. The molecule has 0 spiro atoms. The van der Waals surface area contributed by atoms with Crippen molar-refractivity contribution in [3.8, 4) is 11.5 Å². The van der Waals surface area contributed by atoms with Crippen molar-refractivity contribution in [2.75, 3.05) is 14.1 Å². The monoisotopic (exact) mass is 273 g/mol. The Bertz CT molecular complexity index is 621. The van der Waals surface area contributed by atoms with Crippen LogP contribution in [-0.4, -0.2) is 24.9 Å². The van der Waals surface area contributed by atoms with Crippen LogP contribution in [0.15, 0.2) is 42.5 Å². The minimum absolute atomic E-state index is 0.101. The summed E-state index contributed by atoms with van der Waals surface area (Å²) in [5.74, 6) is -0.144. The second-order valence-electron chi connectivity index (χ2n) is 4.76. The van der Waals surface area contributed by atoms with Crippen molar-refractivity contribution in [1.82, 2.24) is 4.90 Å². The summed E-state index contributed by atoms with van der Waals surface area (Å²) in [6.45, 7) is 1.96. The highest BCUT2D eigenvalue weighted by molar-refractivity contribution is 5.94. The summed E-state index contributed by atoms with van der Waals surface area (Å²) in [5, 5.41) is 0. The van der Waals surface area contributed by atoms with Crippen molar-refractivity contribution in [2.24, 2.45) is 0 Å². The maximum Gasteiger partial charge on any atom is 0.253 e. The number of ether oxygens (including phenoxy) is 1. The Morgan fingerprint density at radius 1 is 1.10 bits per heavy atom. The first-order valence-electron chi connectivity index (χ1n) is 6.23. The first kappa shape index (κ1) is 14.1. The fourth-order valence-corrected chi connectivity index (χ4v) is 1.71. The van der Waals surface area contributed by atoms with Crippen LogP contribution in [0, 0.1) is 12.7 Å².